The third-order valence-corrected chi connectivity index (χ3v) is 3.17. The molecule has 5 heteroatoms. The van der Waals surface area contributed by atoms with E-state index in [0.29, 0.717) is 18.5 Å². The van der Waals surface area contributed by atoms with Gasteiger partial charge in [0.15, 0.2) is 11.6 Å². The molecular formula is C17H16FNO3. The van der Waals surface area contributed by atoms with E-state index >= 15 is 0 Å². The number of amides is 1. The van der Waals surface area contributed by atoms with Crippen molar-refractivity contribution in [1.29, 1.82) is 0 Å². The van der Waals surface area contributed by atoms with Gasteiger partial charge in [-0.2, -0.15) is 0 Å². The molecule has 0 aliphatic heterocycles. The molecule has 0 aromatic heterocycles. The first-order valence-corrected chi connectivity index (χ1v) is 6.88. The van der Waals surface area contributed by atoms with Gasteiger partial charge in [0.1, 0.15) is 0 Å². The van der Waals surface area contributed by atoms with Crippen molar-refractivity contribution in [3.63, 3.8) is 0 Å². The standard InChI is InChI=1S/C17H16FNO3/c18-14-10-13(6-7-15(14)20)11-16(21)17(22)19-9-8-12-4-2-1-3-5-12/h1-7,10,20H,8-9,11H2,(H,19,22). The maximum Gasteiger partial charge on any atom is 0.287 e. The van der Waals surface area contributed by atoms with Crippen LogP contribution in [0.4, 0.5) is 4.39 Å². The molecule has 0 aliphatic rings. The molecule has 2 rings (SSSR count). The lowest BCUT2D eigenvalue weighted by Gasteiger charge is -2.05. The van der Waals surface area contributed by atoms with Crippen LogP contribution in [0.3, 0.4) is 0 Å². The van der Waals surface area contributed by atoms with E-state index in [1.165, 1.54) is 6.07 Å². The molecule has 2 aromatic carbocycles. The highest BCUT2D eigenvalue weighted by molar-refractivity contribution is 6.36. The number of hydrogen-bond acceptors (Lipinski definition) is 3. The molecule has 1 amide bonds. The van der Waals surface area contributed by atoms with Crippen LogP contribution >= 0.6 is 0 Å². The van der Waals surface area contributed by atoms with Gasteiger partial charge in [0.05, 0.1) is 0 Å². The molecule has 4 nitrogen and oxygen atoms in total. The molecule has 2 aromatic rings. The molecule has 2 N–H and O–H groups in total. The second-order valence-corrected chi connectivity index (χ2v) is 4.88. The lowest BCUT2D eigenvalue weighted by Crippen LogP contribution is -2.33. The van der Waals surface area contributed by atoms with Crippen LogP contribution in [0.1, 0.15) is 11.1 Å². The molecule has 0 bridgehead atoms. The van der Waals surface area contributed by atoms with Crippen molar-refractivity contribution in [1.82, 2.24) is 5.32 Å². The normalized spacial score (nSPS) is 10.2. The summed E-state index contributed by atoms with van der Waals surface area (Å²) in [6.07, 6.45) is 0.433. The molecule has 0 aliphatic carbocycles. The number of ketones is 1. The van der Waals surface area contributed by atoms with Crippen LogP contribution in [0.5, 0.6) is 5.75 Å². The summed E-state index contributed by atoms with van der Waals surface area (Å²) in [5.74, 6) is -2.62. The molecule has 22 heavy (non-hydrogen) atoms. The second-order valence-electron chi connectivity index (χ2n) is 4.88. The predicted molar refractivity (Wildman–Crippen MR) is 79.9 cm³/mol. The summed E-state index contributed by atoms with van der Waals surface area (Å²) in [5, 5.41) is 11.6. The average Bonchev–Trinajstić information content (AvgIpc) is 2.52. The number of phenolic OH excluding ortho intramolecular Hbond substituents is 1. The predicted octanol–water partition coefficient (Wildman–Crippen LogP) is 2.00. The molecule has 114 valence electrons. The minimum Gasteiger partial charge on any atom is -0.505 e. The number of carbonyl (C=O) groups excluding carboxylic acids is 2. The molecule has 0 fully saturated rings. The molecule has 0 radical (unpaired) electrons. The number of Topliss-reactive ketones (excluding diaryl/α,β-unsaturated/α-hetero) is 1. The van der Waals surface area contributed by atoms with E-state index < -0.39 is 23.3 Å². The number of hydrogen-bond donors (Lipinski definition) is 2. The smallest absolute Gasteiger partial charge is 0.287 e. The van der Waals surface area contributed by atoms with Gasteiger partial charge in [-0.25, -0.2) is 4.39 Å². The number of nitrogens with one attached hydrogen (secondary N) is 1. The van der Waals surface area contributed by atoms with Crippen molar-refractivity contribution in [3.8, 4) is 5.75 Å². The van der Waals surface area contributed by atoms with Crippen LogP contribution in [-0.4, -0.2) is 23.3 Å². The van der Waals surface area contributed by atoms with Crippen molar-refractivity contribution in [3.05, 3.63) is 65.5 Å². The van der Waals surface area contributed by atoms with E-state index in [1.807, 2.05) is 30.3 Å². The van der Waals surface area contributed by atoms with Crippen molar-refractivity contribution < 1.29 is 19.1 Å². The minimum absolute atomic E-state index is 0.200. The summed E-state index contributed by atoms with van der Waals surface area (Å²) in [5.41, 5.74) is 1.41. The van der Waals surface area contributed by atoms with E-state index in [4.69, 9.17) is 5.11 Å². The van der Waals surface area contributed by atoms with E-state index in [-0.39, 0.29) is 6.42 Å². The Morgan fingerprint density at radius 3 is 2.45 bits per heavy atom. The van der Waals surface area contributed by atoms with Gasteiger partial charge in [0, 0.05) is 13.0 Å². The molecule has 0 saturated carbocycles. The number of halogens is 1. The highest BCUT2D eigenvalue weighted by atomic mass is 19.1. The Balaban J connectivity index is 1.82. The van der Waals surface area contributed by atoms with Crippen LogP contribution in [0.15, 0.2) is 48.5 Å². The number of carbonyl (C=O) groups is 2. The average molecular weight is 301 g/mol. The van der Waals surface area contributed by atoms with Gasteiger partial charge in [-0.3, -0.25) is 9.59 Å². The Labute approximate surface area is 127 Å². The Hall–Kier alpha value is -2.69. The molecule has 0 atom stereocenters. The quantitative estimate of drug-likeness (QED) is 0.802. The highest BCUT2D eigenvalue weighted by Crippen LogP contribution is 2.16. The maximum absolute atomic E-state index is 13.2. The van der Waals surface area contributed by atoms with Crippen molar-refractivity contribution in [2.24, 2.45) is 0 Å². The zero-order valence-electron chi connectivity index (χ0n) is 11.9. The first kappa shape index (κ1) is 15.7. The maximum atomic E-state index is 13.2. The summed E-state index contributed by atoms with van der Waals surface area (Å²) >= 11 is 0. The first-order valence-electron chi connectivity index (χ1n) is 6.88. The van der Waals surface area contributed by atoms with Crippen LogP contribution in [-0.2, 0) is 22.4 Å². The van der Waals surface area contributed by atoms with Gasteiger partial charge in [0.2, 0.25) is 5.78 Å². The number of aromatic hydroxyl groups is 1. The largest absolute Gasteiger partial charge is 0.505 e. The summed E-state index contributed by atoms with van der Waals surface area (Å²) < 4.78 is 13.2. The van der Waals surface area contributed by atoms with Crippen LogP contribution in [0.25, 0.3) is 0 Å². The van der Waals surface area contributed by atoms with Crippen LogP contribution in [0.2, 0.25) is 0 Å². The molecule has 0 saturated heterocycles. The molecule has 0 heterocycles. The fourth-order valence-electron chi connectivity index (χ4n) is 1.99. The Bertz CT molecular complexity index is 671. The minimum atomic E-state index is -0.810. The third-order valence-electron chi connectivity index (χ3n) is 3.17. The summed E-state index contributed by atoms with van der Waals surface area (Å²) in [7, 11) is 0. The van der Waals surface area contributed by atoms with Gasteiger partial charge < -0.3 is 10.4 Å². The fraction of sp³-hybridized carbons (Fsp3) is 0.176. The van der Waals surface area contributed by atoms with Gasteiger partial charge >= 0.3 is 0 Å². The van der Waals surface area contributed by atoms with Crippen LogP contribution < -0.4 is 5.32 Å². The zero-order valence-corrected chi connectivity index (χ0v) is 11.9. The Morgan fingerprint density at radius 2 is 1.77 bits per heavy atom. The first-order chi connectivity index (χ1) is 10.6. The lowest BCUT2D eigenvalue weighted by atomic mass is 10.1. The van der Waals surface area contributed by atoms with Crippen molar-refractivity contribution in [2.45, 2.75) is 12.8 Å². The number of phenols is 1. The molecular weight excluding hydrogens is 285 g/mol. The van der Waals surface area contributed by atoms with Crippen molar-refractivity contribution >= 4 is 11.7 Å². The van der Waals surface area contributed by atoms with E-state index in [0.717, 1.165) is 17.7 Å². The summed E-state index contributed by atoms with van der Waals surface area (Å²) in [6, 6.07) is 13.2. The monoisotopic (exact) mass is 301 g/mol. The topological polar surface area (TPSA) is 66.4 Å². The molecule has 0 spiro atoms. The van der Waals surface area contributed by atoms with Gasteiger partial charge in [-0.05, 0) is 29.7 Å². The Morgan fingerprint density at radius 1 is 1.05 bits per heavy atom. The van der Waals surface area contributed by atoms with Gasteiger partial charge in [0.25, 0.3) is 5.91 Å². The second kappa shape index (κ2) is 7.36. The summed E-state index contributed by atoms with van der Waals surface area (Å²) in [6.45, 7) is 0.360. The Kier molecular flexibility index (Phi) is 5.25. The van der Waals surface area contributed by atoms with E-state index in [1.54, 1.807) is 0 Å². The number of benzene rings is 2. The van der Waals surface area contributed by atoms with Crippen molar-refractivity contribution in [2.75, 3.05) is 6.54 Å². The van der Waals surface area contributed by atoms with E-state index in [9.17, 15) is 14.0 Å². The third kappa shape index (κ3) is 4.41. The lowest BCUT2D eigenvalue weighted by molar-refractivity contribution is -0.137. The number of rotatable bonds is 6. The molecule has 0 unspecified atom stereocenters. The van der Waals surface area contributed by atoms with Gasteiger partial charge in [-0.15, -0.1) is 0 Å². The fourth-order valence-corrected chi connectivity index (χ4v) is 1.99. The SMILES string of the molecule is O=C(Cc1ccc(O)c(F)c1)C(=O)NCCc1ccccc1. The van der Waals surface area contributed by atoms with Gasteiger partial charge in [-0.1, -0.05) is 36.4 Å². The van der Waals surface area contributed by atoms with Crippen LogP contribution in [0, 0.1) is 5.82 Å². The zero-order chi connectivity index (χ0) is 15.9. The highest BCUT2D eigenvalue weighted by Gasteiger charge is 2.14. The van der Waals surface area contributed by atoms with E-state index in [2.05, 4.69) is 5.32 Å². The summed E-state index contributed by atoms with van der Waals surface area (Å²) in [4.78, 5) is 23.4.